The standard InChI is InChI=1S/C12H16N4O4.H2O5S/c1-7(5-13)3-9(11(17)18)15-16-10(12(19)20)4-8(2)6-14;1-5-6(2,3)4/h7-10H,3-4H2,1-2H3,(H,17,18)(H,19,20);1H,(H,2,3,4). The van der Waals surface area contributed by atoms with Gasteiger partial charge in [-0.3, -0.25) is 4.55 Å². The molecule has 146 valence electrons. The molecule has 0 rings (SSSR count). The second-order valence-corrected chi connectivity index (χ2v) is 5.98. The zero-order chi connectivity index (χ0) is 20.9. The highest BCUT2D eigenvalue weighted by Crippen LogP contribution is 2.13. The summed E-state index contributed by atoms with van der Waals surface area (Å²) in [6, 6.07) is 1.23. The minimum Gasteiger partial charge on any atom is -0.480 e. The molecule has 0 aromatic carbocycles. The van der Waals surface area contributed by atoms with Crippen LogP contribution < -0.4 is 0 Å². The fourth-order valence-corrected chi connectivity index (χ4v) is 1.33. The Labute approximate surface area is 149 Å². The SMILES string of the molecule is CC(C#N)CC(N=NC(CC(C)C#N)C(=O)O)C(=O)O.O=S(=O)(O)OO. The van der Waals surface area contributed by atoms with Crippen LogP contribution in [0, 0.1) is 34.5 Å². The third kappa shape index (κ3) is 13.8. The summed E-state index contributed by atoms with van der Waals surface area (Å²) in [7, 11) is -4.61. The van der Waals surface area contributed by atoms with Gasteiger partial charge >= 0.3 is 22.3 Å². The van der Waals surface area contributed by atoms with Crippen LogP contribution in [0.5, 0.6) is 0 Å². The summed E-state index contributed by atoms with van der Waals surface area (Å²) < 4.78 is 28.0. The second kappa shape index (κ2) is 12.7. The maximum Gasteiger partial charge on any atom is 0.423 e. The molecule has 0 radical (unpaired) electrons. The molecule has 0 saturated carbocycles. The number of nitrogens with zero attached hydrogens (tertiary/aromatic N) is 4. The fourth-order valence-electron chi connectivity index (χ4n) is 1.33. The van der Waals surface area contributed by atoms with Gasteiger partial charge in [-0.2, -0.15) is 29.2 Å². The molecule has 0 bridgehead atoms. The van der Waals surface area contributed by atoms with Crippen molar-refractivity contribution in [2.24, 2.45) is 22.1 Å². The van der Waals surface area contributed by atoms with E-state index in [1.807, 2.05) is 12.1 Å². The van der Waals surface area contributed by atoms with Crippen LogP contribution >= 0.6 is 0 Å². The van der Waals surface area contributed by atoms with Crippen molar-refractivity contribution in [3.05, 3.63) is 0 Å². The Morgan fingerprint density at radius 1 is 1.00 bits per heavy atom. The van der Waals surface area contributed by atoms with E-state index in [0.29, 0.717) is 0 Å². The van der Waals surface area contributed by atoms with Crippen LogP contribution in [0.3, 0.4) is 0 Å². The molecule has 0 amide bonds. The Hall–Kier alpha value is -2.65. The minimum atomic E-state index is -4.61. The quantitative estimate of drug-likeness (QED) is 0.184. The molecule has 26 heavy (non-hydrogen) atoms. The van der Waals surface area contributed by atoms with E-state index in [0.717, 1.165) is 0 Å². The lowest BCUT2D eigenvalue weighted by molar-refractivity contribution is -0.140. The first-order chi connectivity index (χ1) is 11.9. The molecule has 0 spiro atoms. The summed E-state index contributed by atoms with van der Waals surface area (Å²) in [5.41, 5.74) is 0. The maximum atomic E-state index is 10.9. The van der Waals surface area contributed by atoms with Gasteiger partial charge in [0.05, 0.1) is 12.1 Å². The molecule has 0 aromatic heterocycles. The Bertz CT molecular complexity index is 638. The Morgan fingerprint density at radius 3 is 1.42 bits per heavy atom. The van der Waals surface area contributed by atoms with E-state index in [4.69, 9.17) is 39.0 Å². The highest BCUT2D eigenvalue weighted by molar-refractivity contribution is 7.80. The minimum absolute atomic E-state index is 0.0462. The van der Waals surface area contributed by atoms with Gasteiger partial charge in [0.25, 0.3) is 0 Å². The number of aliphatic carboxylic acids is 2. The van der Waals surface area contributed by atoms with Crippen LogP contribution in [0.15, 0.2) is 10.2 Å². The van der Waals surface area contributed by atoms with Gasteiger partial charge in [0.2, 0.25) is 0 Å². The van der Waals surface area contributed by atoms with Gasteiger partial charge in [0, 0.05) is 11.8 Å². The molecule has 13 nitrogen and oxygen atoms in total. The summed E-state index contributed by atoms with van der Waals surface area (Å²) in [6.07, 6.45) is -0.0923. The molecule has 0 aliphatic heterocycles. The van der Waals surface area contributed by atoms with Gasteiger partial charge in [0.1, 0.15) is 0 Å². The summed E-state index contributed by atoms with van der Waals surface area (Å²) in [5.74, 6) is -3.60. The average molecular weight is 394 g/mol. The first-order valence-electron chi connectivity index (χ1n) is 6.83. The van der Waals surface area contributed by atoms with E-state index in [1.165, 1.54) is 13.8 Å². The topological polar surface area (TPSA) is 231 Å². The van der Waals surface area contributed by atoms with E-state index in [9.17, 15) is 9.59 Å². The van der Waals surface area contributed by atoms with E-state index >= 15 is 0 Å². The molecule has 0 heterocycles. The van der Waals surface area contributed by atoms with Crippen molar-refractivity contribution in [2.75, 3.05) is 0 Å². The van der Waals surface area contributed by atoms with Crippen molar-refractivity contribution in [3.63, 3.8) is 0 Å². The lowest BCUT2D eigenvalue weighted by Crippen LogP contribution is -2.23. The van der Waals surface area contributed by atoms with Crippen molar-refractivity contribution in [1.82, 2.24) is 0 Å². The molecular formula is C12H18N4O9S. The first-order valence-corrected chi connectivity index (χ1v) is 8.19. The van der Waals surface area contributed by atoms with Crippen LogP contribution in [0.2, 0.25) is 0 Å². The zero-order valence-electron chi connectivity index (χ0n) is 13.8. The summed E-state index contributed by atoms with van der Waals surface area (Å²) >= 11 is 0. The molecule has 4 atom stereocenters. The molecule has 0 aliphatic carbocycles. The predicted molar refractivity (Wildman–Crippen MR) is 81.8 cm³/mol. The van der Waals surface area contributed by atoms with Crippen molar-refractivity contribution in [1.29, 1.82) is 10.5 Å². The van der Waals surface area contributed by atoms with E-state index in [-0.39, 0.29) is 12.8 Å². The van der Waals surface area contributed by atoms with Crippen molar-refractivity contribution >= 4 is 22.3 Å². The largest absolute Gasteiger partial charge is 0.480 e. The van der Waals surface area contributed by atoms with E-state index < -0.39 is 46.3 Å². The maximum absolute atomic E-state index is 10.9. The number of hydrogen-bond donors (Lipinski definition) is 4. The average Bonchev–Trinajstić information content (AvgIpc) is 2.55. The second-order valence-electron chi connectivity index (χ2n) is 4.97. The summed E-state index contributed by atoms with van der Waals surface area (Å²) in [4.78, 5) is 21.9. The molecular weight excluding hydrogens is 376 g/mol. The van der Waals surface area contributed by atoms with Crippen LogP contribution in [0.4, 0.5) is 0 Å². The lowest BCUT2D eigenvalue weighted by Gasteiger charge is -2.10. The Balaban J connectivity index is 0. The predicted octanol–water partition coefficient (Wildman–Crippen LogP) is 0.723. The molecule has 14 heteroatoms. The highest BCUT2D eigenvalue weighted by atomic mass is 32.3. The Morgan fingerprint density at radius 2 is 1.27 bits per heavy atom. The monoisotopic (exact) mass is 394 g/mol. The van der Waals surface area contributed by atoms with Gasteiger partial charge < -0.3 is 10.2 Å². The zero-order valence-corrected chi connectivity index (χ0v) is 14.6. The smallest absolute Gasteiger partial charge is 0.423 e. The normalized spacial score (nSPS) is 15.5. The molecule has 4 N–H and O–H groups in total. The van der Waals surface area contributed by atoms with Gasteiger partial charge in [-0.05, 0) is 26.7 Å². The third-order valence-electron chi connectivity index (χ3n) is 2.60. The first kappa shape index (κ1) is 25.6. The third-order valence-corrected chi connectivity index (χ3v) is 2.79. The Kier molecular flexibility index (Phi) is 12.5. The number of rotatable bonds is 9. The van der Waals surface area contributed by atoms with Gasteiger partial charge in [0.15, 0.2) is 12.1 Å². The number of hydrogen-bond acceptors (Lipinski definition) is 10. The van der Waals surface area contributed by atoms with Crippen LogP contribution in [-0.4, -0.2) is 52.5 Å². The van der Waals surface area contributed by atoms with Gasteiger partial charge in [-0.25, -0.2) is 14.8 Å². The van der Waals surface area contributed by atoms with Crippen LogP contribution in [0.1, 0.15) is 26.7 Å². The summed E-state index contributed by atoms with van der Waals surface area (Å²) in [6.45, 7) is 3.08. The van der Waals surface area contributed by atoms with Gasteiger partial charge in [-0.15, -0.1) is 0 Å². The van der Waals surface area contributed by atoms with E-state index in [1.54, 1.807) is 0 Å². The molecule has 4 unspecified atom stereocenters. The number of nitriles is 2. The fraction of sp³-hybridized carbons (Fsp3) is 0.667. The number of carbonyl (C=O) groups is 2. The number of azo groups is 1. The van der Waals surface area contributed by atoms with Crippen molar-refractivity contribution in [3.8, 4) is 12.1 Å². The van der Waals surface area contributed by atoms with Crippen LogP contribution in [-0.2, 0) is 24.3 Å². The number of carboxylic acid groups (broad SMARTS) is 2. The van der Waals surface area contributed by atoms with E-state index in [2.05, 4.69) is 14.6 Å². The van der Waals surface area contributed by atoms with Gasteiger partial charge in [-0.1, -0.05) is 4.33 Å². The lowest BCUT2D eigenvalue weighted by atomic mass is 10.0. The molecule has 0 saturated heterocycles. The van der Waals surface area contributed by atoms with Crippen molar-refractivity contribution < 1.29 is 42.4 Å². The highest BCUT2D eigenvalue weighted by Gasteiger charge is 2.23. The number of carboxylic acids is 2. The molecule has 0 aliphatic rings. The molecule has 0 aromatic rings. The van der Waals surface area contributed by atoms with Crippen molar-refractivity contribution in [2.45, 2.75) is 38.8 Å². The van der Waals surface area contributed by atoms with Crippen LogP contribution in [0.25, 0.3) is 0 Å². The molecule has 0 fully saturated rings. The summed E-state index contributed by atoms with van der Waals surface area (Å²) in [5, 5.41) is 49.2.